The van der Waals surface area contributed by atoms with E-state index in [-0.39, 0.29) is 31.1 Å². The summed E-state index contributed by atoms with van der Waals surface area (Å²) in [6, 6.07) is 3.40. The molecule has 0 saturated heterocycles. The fraction of sp³-hybridized carbons (Fsp3) is 0.364. The van der Waals surface area contributed by atoms with Gasteiger partial charge >= 0.3 is 5.97 Å². The van der Waals surface area contributed by atoms with Gasteiger partial charge in [-0.2, -0.15) is 0 Å². The number of ether oxygens (including phenoxy) is 1. The van der Waals surface area contributed by atoms with Gasteiger partial charge in [-0.05, 0) is 19.1 Å². The Bertz CT molecular complexity index is 367. The first-order valence-electron chi connectivity index (χ1n) is 4.92. The van der Waals surface area contributed by atoms with Gasteiger partial charge in [-0.25, -0.2) is 8.78 Å². The van der Waals surface area contributed by atoms with Gasteiger partial charge in [0.25, 0.3) is 0 Å². The summed E-state index contributed by atoms with van der Waals surface area (Å²) in [6.07, 6.45) is 0. The predicted octanol–water partition coefficient (Wildman–Crippen LogP) is 1.99. The Morgan fingerprint density at radius 1 is 1.41 bits per heavy atom. The van der Waals surface area contributed by atoms with Gasteiger partial charge in [0, 0.05) is 12.1 Å². The second kappa shape index (κ2) is 7.19. The van der Waals surface area contributed by atoms with Gasteiger partial charge in [0.2, 0.25) is 0 Å². The van der Waals surface area contributed by atoms with Crippen LogP contribution in [0.25, 0.3) is 0 Å². The van der Waals surface area contributed by atoms with Crippen LogP contribution in [0.1, 0.15) is 18.4 Å². The summed E-state index contributed by atoms with van der Waals surface area (Å²) in [7, 11) is 0. The van der Waals surface area contributed by atoms with E-state index in [1.54, 1.807) is 6.92 Å². The molecule has 1 unspecified atom stereocenters. The van der Waals surface area contributed by atoms with Crippen molar-refractivity contribution in [3.8, 4) is 0 Å². The first-order valence-corrected chi connectivity index (χ1v) is 4.92. The number of hydrogen-bond donors (Lipinski definition) is 1. The van der Waals surface area contributed by atoms with E-state index < -0.39 is 23.5 Å². The Hall–Kier alpha value is -1.20. The van der Waals surface area contributed by atoms with Crippen LogP contribution in [0.4, 0.5) is 8.78 Å². The minimum absolute atomic E-state index is 0. The maximum absolute atomic E-state index is 13.4. The summed E-state index contributed by atoms with van der Waals surface area (Å²) in [5.41, 5.74) is 5.01. The standard InChI is InChI=1S/C11H13F2NO2.ClH/c1-2-16-11(15)7(6-14)10-8(12)4-3-5-9(10)13;/h3-5,7H,2,6,14H2,1H3;1H. The van der Waals surface area contributed by atoms with E-state index in [1.807, 2.05) is 0 Å². The fourth-order valence-electron chi connectivity index (χ4n) is 1.42. The molecule has 17 heavy (non-hydrogen) atoms. The molecular formula is C11H14ClF2NO2. The topological polar surface area (TPSA) is 52.3 Å². The summed E-state index contributed by atoms with van der Waals surface area (Å²) in [5, 5.41) is 0. The zero-order valence-corrected chi connectivity index (χ0v) is 10.1. The van der Waals surface area contributed by atoms with Gasteiger partial charge in [-0.3, -0.25) is 4.79 Å². The third-order valence-electron chi connectivity index (χ3n) is 2.15. The summed E-state index contributed by atoms with van der Waals surface area (Å²) in [6.45, 7) is 1.56. The minimum Gasteiger partial charge on any atom is -0.465 e. The monoisotopic (exact) mass is 265 g/mol. The minimum atomic E-state index is -1.10. The zero-order chi connectivity index (χ0) is 12.1. The van der Waals surface area contributed by atoms with Crippen molar-refractivity contribution < 1.29 is 18.3 Å². The van der Waals surface area contributed by atoms with Crippen LogP contribution < -0.4 is 5.73 Å². The van der Waals surface area contributed by atoms with E-state index in [4.69, 9.17) is 10.5 Å². The Morgan fingerprint density at radius 3 is 2.35 bits per heavy atom. The maximum Gasteiger partial charge on any atom is 0.314 e. The van der Waals surface area contributed by atoms with Crippen molar-refractivity contribution in [2.24, 2.45) is 5.73 Å². The lowest BCUT2D eigenvalue weighted by Crippen LogP contribution is -2.25. The molecule has 0 bridgehead atoms. The Labute approximate surface area is 104 Å². The number of halogens is 3. The Kier molecular flexibility index (Phi) is 6.68. The SMILES string of the molecule is CCOC(=O)C(CN)c1c(F)cccc1F.Cl. The third kappa shape index (κ3) is 3.64. The molecule has 3 nitrogen and oxygen atoms in total. The van der Waals surface area contributed by atoms with Gasteiger partial charge < -0.3 is 10.5 Å². The molecule has 1 aromatic carbocycles. The molecule has 0 aliphatic rings. The van der Waals surface area contributed by atoms with Crippen molar-refractivity contribution in [2.45, 2.75) is 12.8 Å². The van der Waals surface area contributed by atoms with Gasteiger partial charge in [0.05, 0.1) is 12.5 Å². The smallest absolute Gasteiger partial charge is 0.314 e. The van der Waals surface area contributed by atoms with Crippen molar-refractivity contribution in [1.29, 1.82) is 0 Å². The molecule has 1 atom stereocenters. The number of carbonyl (C=O) groups excluding carboxylic acids is 1. The first kappa shape index (κ1) is 15.8. The molecule has 1 aromatic rings. The van der Waals surface area contributed by atoms with Crippen LogP contribution in [0.5, 0.6) is 0 Å². The lowest BCUT2D eigenvalue weighted by atomic mass is 9.98. The number of rotatable bonds is 4. The number of nitrogens with two attached hydrogens (primary N) is 1. The van der Waals surface area contributed by atoms with Crippen molar-refractivity contribution in [3.05, 3.63) is 35.4 Å². The predicted molar refractivity (Wildman–Crippen MR) is 62.0 cm³/mol. The highest BCUT2D eigenvalue weighted by atomic mass is 35.5. The van der Waals surface area contributed by atoms with E-state index in [0.717, 1.165) is 12.1 Å². The van der Waals surface area contributed by atoms with Crippen molar-refractivity contribution >= 4 is 18.4 Å². The normalized spacial score (nSPS) is 11.5. The molecular weight excluding hydrogens is 252 g/mol. The van der Waals surface area contributed by atoms with Crippen LogP contribution >= 0.6 is 12.4 Å². The van der Waals surface area contributed by atoms with Crippen LogP contribution in [-0.4, -0.2) is 19.1 Å². The van der Waals surface area contributed by atoms with Crippen molar-refractivity contribution in [3.63, 3.8) is 0 Å². The summed E-state index contributed by atoms with van der Waals surface area (Å²) < 4.78 is 31.5. The van der Waals surface area contributed by atoms with Crippen LogP contribution in [-0.2, 0) is 9.53 Å². The molecule has 6 heteroatoms. The molecule has 0 aliphatic carbocycles. The van der Waals surface area contributed by atoms with Crippen LogP contribution in [0.15, 0.2) is 18.2 Å². The van der Waals surface area contributed by atoms with Gasteiger partial charge in [0.1, 0.15) is 11.6 Å². The quantitative estimate of drug-likeness (QED) is 0.847. The lowest BCUT2D eigenvalue weighted by Gasteiger charge is -2.15. The number of benzene rings is 1. The fourth-order valence-corrected chi connectivity index (χ4v) is 1.42. The van der Waals surface area contributed by atoms with Crippen molar-refractivity contribution in [2.75, 3.05) is 13.2 Å². The molecule has 0 aromatic heterocycles. The Balaban J connectivity index is 0.00000256. The van der Waals surface area contributed by atoms with Gasteiger partial charge in [-0.1, -0.05) is 6.07 Å². The molecule has 0 spiro atoms. The van der Waals surface area contributed by atoms with E-state index in [2.05, 4.69) is 0 Å². The molecule has 0 saturated carbocycles. The summed E-state index contributed by atoms with van der Waals surface area (Å²) >= 11 is 0. The summed E-state index contributed by atoms with van der Waals surface area (Å²) in [5.74, 6) is -3.39. The molecule has 2 N–H and O–H groups in total. The number of hydrogen-bond acceptors (Lipinski definition) is 3. The van der Waals surface area contributed by atoms with E-state index in [1.165, 1.54) is 6.07 Å². The van der Waals surface area contributed by atoms with Crippen molar-refractivity contribution in [1.82, 2.24) is 0 Å². The highest BCUT2D eigenvalue weighted by molar-refractivity contribution is 5.85. The van der Waals surface area contributed by atoms with E-state index in [9.17, 15) is 13.6 Å². The number of esters is 1. The molecule has 0 heterocycles. The molecule has 0 amide bonds. The first-order chi connectivity index (χ1) is 7.61. The molecule has 96 valence electrons. The highest BCUT2D eigenvalue weighted by Crippen LogP contribution is 2.23. The lowest BCUT2D eigenvalue weighted by molar-refractivity contribution is -0.144. The largest absolute Gasteiger partial charge is 0.465 e. The summed E-state index contributed by atoms with van der Waals surface area (Å²) in [4.78, 5) is 11.4. The Morgan fingerprint density at radius 2 is 1.94 bits per heavy atom. The second-order valence-corrected chi connectivity index (χ2v) is 3.18. The second-order valence-electron chi connectivity index (χ2n) is 3.18. The van der Waals surface area contributed by atoms with Crippen LogP contribution in [0.3, 0.4) is 0 Å². The average molecular weight is 266 g/mol. The molecule has 1 rings (SSSR count). The molecule has 0 aliphatic heterocycles. The number of carbonyl (C=O) groups is 1. The van der Waals surface area contributed by atoms with Crippen LogP contribution in [0, 0.1) is 11.6 Å². The highest BCUT2D eigenvalue weighted by Gasteiger charge is 2.26. The van der Waals surface area contributed by atoms with E-state index in [0.29, 0.717) is 0 Å². The van der Waals surface area contributed by atoms with Gasteiger partial charge in [-0.15, -0.1) is 12.4 Å². The average Bonchev–Trinajstić information content (AvgIpc) is 2.24. The van der Waals surface area contributed by atoms with E-state index >= 15 is 0 Å². The van der Waals surface area contributed by atoms with Crippen LogP contribution in [0.2, 0.25) is 0 Å². The molecule has 0 radical (unpaired) electrons. The zero-order valence-electron chi connectivity index (χ0n) is 9.28. The molecule has 0 fully saturated rings. The third-order valence-corrected chi connectivity index (χ3v) is 2.15. The maximum atomic E-state index is 13.4. The van der Waals surface area contributed by atoms with Gasteiger partial charge in [0.15, 0.2) is 0 Å².